The van der Waals surface area contributed by atoms with Crippen LogP contribution < -0.4 is 0 Å². The van der Waals surface area contributed by atoms with Crippen LogP contribution in [0.3, 0.4) is 0 Å². The second-order valence-electron chi connectivity index (χ2n) is 5.70. The predicted molar refractivity (Wildman–Crippen MR) is 89.5 cm³/mol. The molecule has 108 valence electrons. The van der Waals surface area contributed by atoms with Crippen LogP contribution in [0.4, 0.5) is 0 Å². The predicted octanol–water partition coefficient (Wildman–Crippen LogP) is 5.20. The fourth-order valence-corrected chi connectivity index (χ4v) is 2.95. The molecule has 1 heterocycles. The number of para-hydroxylation sites is 1. The van der Waals surface area contributed by atoms with E-state index in [-0.39, 0.29) is 0 Å². The molecule has 2 nitrogen and oxygen atoms in total. The van der Waals surface area contributed by atoms with E-state index in [1.165, 1.54) is 16.8 Å². The first-order valence-corrected chi connectivity index (χ1v) is 7.78. The Labute approximate surface area is 130 Å². The Kier molecular flexibility index (Phi) is 3.73. The Balaban J connectivity index is 2.36. The van der Waals surface area contributed by atoms with Gasteiger partial charge in [0, 0.05) is 0 Å². The largest absolute Gasteiger partial charge is 0.295 e. The number of hydrogen-bond donors (Lipinski definition) is 0. The zero-order chi connectivity index (χ0) is 15.0. The van der Waals surface area contributed by atoms with Crippen molar-refractivity contribution in [2.24, 2.45) is 0 Å². The van der Waals surface area contributed by atoms with Crippen molar-refractivity contribution < 1.29 is 0 Å². The lowest BCUT2D eigenvalue weighted by atomic mass is 10.0. The van der Waals surface area contributed by atoms with E-state index >= 15 is 0 Å². The van der Waals surface area contributed by atoms with E-state index in [1.54, 1.807) is 0 Å². The first-order valence-electron chi connectivity index (χ1n) is 7.25. The number of aromatic nitrogens is 2. The maximum Gasteiger partial charge on any atom is 0.129 e. The highest BCUT2D eigenvalue weighted by Gasteiger charge is 2.15. The molecule has 2 aromatic carbocycles. The lowest BCUT2D eigenvalue weighted by Gasteiger charge is -2.16. The molecule has 0 aliphatic carbocycles. The average Bonchev–Trinajstić information content (AvgIpc) is 2.84. The number of fused-ring (bicyclic) bond motifs is 1. The number of benzene rings is 2. The second kappa shape index (κ2) is 5.53. The SMILES string of the molecule is Cc1ccc2nc(CCl)n(-c3ccccc3C(C)C)c2c1. The molecule has 3 aromatic rings. The molecule has 0 amide bonds. The summed E-state index contributed by atoms with van der Waals surface area (Å²) in [6, 6.07) is 14.8. The van der Waals surface area contributed by atoms with Gasteiger partial charge in [-0.2, -0.15) is 0 Å². The van der Waals surface area contributed by atoms with E-state index in [4.69, 9.17) is 11.6 Å². The Bertz CT molecular complexity index is 787. The quantitative estimate of drug-likeness (QED) is 0.608. The smallest absolute Gasteiger partial charge is 0.129 e. The summed E-state index contributed by atoms with van der Waals surface area (Å²) in [5, 5.41) is 0. The number of alkyl halides is 1. The number of imidazole rings is 1. The maximum atomic E-state index is 6.14. The zero-order valence-electron chi connectivity index (χ0n) is 12.6. The van der Waals surface area contributed by atoms with E-state index in [9.17, 15) is 0 Å². The highest BCUT2D eigenvalue weighted by molar-refractivity contribution is 6.17. The van der Waals surface area contributed by atoms with Crippen molar-refractivity contribution in [3.63, 3.8) is 0 Å². The summed E-state index contributed by atoms with van der Waals surface area (Å²) in [6.07, 6.45) is 0. The molecule has 0 fully saturated rings. The summed E-state index contributed by atoms with van der Waals surface area (Å²) in [5.74, 6) is 1.75. The van der Waals surface area contributed by atoms with E-state index in [0.717, 1.165) is 16.9 Å². The Hall–Kier alpha value is -1.80. The molecule has 0 saturated heterocycles. The summed E-state index contributed by atoms with van der Waals surface area (Å²) < 4.78 is 2.20. The Morgan fingerprint density at radius 3 is 2.62 bits per heavy atom. The van der Waals surface area contributed by atoms with Crippen LogP contribution in [-0.4, -0.2) is 9.55 Å². The van der Waals surface area contributed by atoms with Crippen molar-refractivity contribution in [3.05, 3.63) is 59.4 Å². The first-order chi connectivity index (χ1) is 10.1. The van der Waals surface area contributed by atoms with Gasteiger partial charge in [-0.05, 0) is 42.2 Å². The molecule has 0 radical (unpaired) electrons. The fourth-order valence-electron chi connectivity index (χ4n) is 2.77. The molecule has 0 N–H and O–H groups in total. The summed E-state index contributed by atoms with van der Waals surface area (Å²) in [6.45, 7) is 6.53. The topological polar surface area (TPSA) is 17.8 Å². The van der Waals surface area contributed by atoms with Gasteiger partial charge < -0.3 is 0 Å². The molecule has 21 heavy (non-hydrogen) atoms. The van der Waals surface area contributed by atoms with Crippen LogP contribution in [0, 0.1) is 6.92 Å². The number of hydrogen-bond acceptors (Lipinski definition) is 1. The molecule has 0 aliphatic heterocycles. The minimum Gasteiger partial charge on any atom is -0.295 e. The van der Waals surface area contributed by atoms with Crippen molar-refractivity contribution in [1.29, 1.82) is 0 Å². The van der Waals surface area contributed by atoms with Gasteiger partial charge >= 0.3 is 0 Å². The first kappa shape index (κ1) is 14.2. The van der Waals surface area contributed by atoms with Crippen LogP contribution in [0.25, 0.3) is 16.7 Å². The highest BCUT2D eigenvalue weighted by atomic mass is 35.5. The van der Waals surface area contributed by atoms with Gasteiger partial charge in [-0.15, -0.1) is 11.6 Å². The number of halogens is 1. The van der Waals surface area contributed by atoms with Gasteiger partial charge in [0.15, 0.2) is 0 Å². The molecule has 0 spiro atoms. The van der Waals surface area contributed by atoms with Crippen LogP contribution in [0.5, 0.6) is 0 Å². The number of aryl methyl sites for hydroxylation is 1. The Morgan fingerprint density at radius 2 is 1.90 bits per heavy atom. The highest BCUT2D eigenvalue weighted by Crippen LogP contribution is 2.29. The van der Waals surface area contributed by atoms with Crippen molar-refractivity contribution >= 4 is 22.6 Å². The summed E-state index contributed by atoms with van der Waals surface area (Å²) in [7, 11) is 0. The van der Waals surface area contributed by atoms with E-state index < -0.39 is 0 Å². The lowest BCUT2D eigenvalue weighted by molar-refractivity contribution is 0.841. The molecule has 0 aliphatic rings. The van der Waals surface area contributed by atoms with Crippen LogP contribution in [-0.2, 0) is 5.88 Å². The van der Waals surface area contributed by atoms with Gasteiger partial charge in [0.1, 0.15) is 5.82 Å². The van der Waals surface area contributed by atoms with Crippen molar-refractivity contribution in [2.45, 2.75) is 32.6 Å². The minimum atomic E-state index is 0.403. The van der Waals surface area contributed by atoms with Crippen molar-refractivity contribution in [1.82, 2.24) is 9.55 Å². The average molecular weight is 299 g/mol. The minimum absolute atomic E-state index is 0.403. The normalized spacial score (nSPS) is 11.5. The molecular weight excluding hydrogens is 280 g/mol. The van der Waals surface area contributed by atoms with Gasteiger partial charge in [0.2, 0.25) is 0 Å². The monoisotopic (exact) mass is 298 g/mol. The zero-order valence-corrected chi connectivity index (χ0v) is 13.4. The molecule has 0 bridgehead atoms. The van der Waals surface area contributed by atoms with Crippen LogP contribution in [0.15, 0.2) is 42.5 Å². The third-order valence-corrected chi connectivity index (χ3v) is 4.04. The number of nitrogens with zero attached hydrogens (tertiary/aromatic N) is 2. The molecule has 0 unspecified atom stereocenters. The van der Waals surface area contributed by atoms with Crippen molar-refractivity contribution in [2.75, 3.05) is 0 Å². The lowest BCUT2D eigenvalue weighted by Crippen LogP contribution is -2.04. The standard InChI is InChI=1S/C18H19ClN2/c1-12(2)14-6-4-5-7-16(14)21-17-10-13(3)8-9-15(17)20-18(21)11-19/h4-10,12H,11H2,1-3H3. The van der Waals surface area contributed by atoms with Crippen LogP contribution in [0.2, 0.25) is 0 Å². The van der Waals surface area contributed by atoms with Gasteiger partial charge in [0.25, 0.3) is 0 Å². The molecule has 3 rings (SSSR count). The summed E-state index contributed by atoms with van der Waals surface area (Å²) >= 11 is 6.14. The molecular formula is C18H19ClN2. The van der Waals surface area contributed by atoms with Crippen molar-refractivity contribution in [3.8, 4) is 5.69 Å². The van der Waals surface area contributed by atoms with Gasteiger partial charge in [0.05, 0.1) is 22.6 Å². The molecule has 1 aromatic heterocycles. The second-order valence-corrected chi connectivity index (χ2v) is 5.97. The van der Waals surface area contributed by atoms with E-state index in [2.05, 4.69) is 72.8 Å². The maximum absolute atomic E-state index is 6.14. The third kappa shape index (κ3) is 2.44. The van der Waals surface area contributed by atoms with Gasteiger partial charge in [-0.25, -0.2) is 4.98 Å². The van der Waals surface area contributed by atoms with Gasteiger partial charge in [-0.3, -0.25) is 4.57 Å². The van der Waals surface area contributed by atoms with Crippen LogP contribution in [0.1, 0.15) is 36.7 Å². The summed E-state index contributed by atoms with van der Waals surface area (Å²) in [5.41, 5.74) is 5.83. The van der Waals surface area contributed by atoms with Gasteiger partial charge in [-0.1, -0.05) is 38.1 Å². The summed E-state index contributed by atoms with van der Waals surface area (Å²) in [4.78, 5) is 4.68. The molecule has 3 heteroatoms. The van der Waals surface area contributed by atoms with Crippen LogP contribution >= 0.6 is 11.6 Å². The third-order valence-electron chi connectivity index (χ3n) is 3.80. The molecule has 0 atom stereocenters. The molecule has 0 saturated carbocycles. The Morgan fingerprint density at radius 1 is 1.14 bits per heavy atom. The van der Waals surface area contributed by atoms with E-state index in [0.29, 0.717) is 11.8 Å². The number of rotatable bonds is 3. The fraction of sp³-hybridized carbons (Fsp3) is 0.278. The van der Waals surface area contributed by atoms with E-state index in [1.807, 2.05) is 0 Å².